The molecular weight excluding hydrogens is 428 g/mol. The second-order valence-corrected chi connectivity index (χ2v) is 10.4. The minimum absolute atomic E-state index is 0.261. The minimum Gasteiger partial charge on any atom is -0.357 e. The summed E-state index contributed by atoms with van der Waals surface area (Å²) in [5.41, 5.74) is 5.82. The van der Waals surface area contributed by atoms with Gasteiger partial charge in [-0.2, -0.15) is 4.31 Å². The monoisotopic (exact) mass is 450 g/mol. The fraction of sp³-hybridized carbons (Fsp3) is 0.200. The number of fused-ring (bicyclic) bond motifs is 3. The number of sulfonamides is 1. The highest BCUT2D eigenvalue weighted by Crippen LogP contribution is 2.41. The lowest BCUT2D eigenvalue weighted by molar-refractivity contribution is 0.340. The first kappa shape index (κ1) is 20.3. The first-order chi connectivity index (χ1) is 14.9. The molecule has 0 bridgehead atoms. The molecule has 2 heterocycles. The van der Waals surface area contributed by atoms with Gasteiger partial charge in [0.05, 0.1) is 10.9 Å². The molecular formula is C25H23ClN2O2S. The zero-order valence-electron chi connectivity index (χ0n) is 17.4. The summed E-state index contributed by atoms with van der Waals surface area (Å²) in [5, 5.41) is 1.61. The molecule has 1 aliphatic heterocycles. The van der Waals surface area contributed by atoms with Crippen LogP contribution in [0.2, 0.25) is 5.02 Å². The van der Waals surface area contributed by atoms with Crippen LogP contribution in [0.3, 0.4) is 0 Å². The molecule has 0 unspecified atom stereocenters. The van der Waals surface area contributed by atoms with Crippen LogP contribution in [-0.2, 0) is 16.4 Å². The molecule has 1 aromatic heterocycles. The maximum atomic E-state index is 13.9. The van der Waals surface area contributed by atoms with Gasteiger partial charge in [-0.3, -0.25) is 0 Å². The van der Waals surface area contributed by atoms with E-state index in [4.69, 9.17) is 11.6 Å². The van der Waals surface area contributed by atoms with Gasteiger partial charge in [0, 0.05) is 28.2 Å². The van der Waals surface area contributed by atoms with Crippen LogP contribution in [0.15, 0.2) is 71.6 Å². The molecule has 3 aromatic carbocycles. The SMILES string of the molecule is Cc1ccc([C@H]2c3[nH]c4ccccc4c3CCN2S(=O)(=O)c2cccc(Cl)c2C)cc1. The molecule has 4 aromatic rings. The summed E-state index contributed by atoms with van der Waals surface area (Å²) in [6.07, 6.45) is 0.653. The Kier molecular flexibility index (Phi) is 4.93. The second kappa shape index (κ2) is 7.52. The summed E-state index contributed by atoms with van der Waals surface area (Å²) in [4.78, 5) is 3.79. The van der Waals surface area contributed by atoms with Gasteiger partial charge in [-0.1, -0.05) is 65.7 Å². The lowest BCUT2D eigenvalue weighted by Crippen LogP contribution is -2.40. The lowest BCUT2D eigenvalue weighted by atomic mass is 9.94. The number of aromatic amines is 1. The van der Waals surface area contributed by atoms with Gasteiger partial charge in [0.1, 0.15) is 0 Å². The van der Waals surface area contributed by atoms with Gasteiger partial charge >= 0.3 is 0 Å². The zero-order valence-corrected chi connectivity index (χ0v) is 19.0. The molecule has 0 radical (unpaired) electrons. The average Bonchev–Trinajstić information content (AvgIpc) is 3.14. The Morgan fingerprint density at radius 1 is 0.968 bits per heavy atom. The van der Waals surface area contributed by atoms with Crippen molar-refractivity contribution in [2.75, 3.05) is 6.54 Å². The van der Waals surface area contributed by atoms with Gasteiger partial charge < -0.3 is 4.98 Å². The number of aryl methyl sites for hydroxylation is 1. The highest BCUT2D eigenvalue weighted by atomic mass is 35.5. The number of benzene rings is 3. The van der Waals surface area contributed by atoms with E-state index in [2.05, 4.69) is 11.1 Å². The van der Waals surface area contributed by atoms with Crippen LogP contribution in [0.4, 0.5) is 0 Å². The standard InChI is InChI=1S/C25H23ClN2O2S/c1-16-10-12-18(13-11-16)25-24-20(19-6-3-4-8-22(19)27-24)14-15-28(25)31(29,30)23-9-5-7-21(26)17(23)2/h3-13,25,27H,14-15H2,1-2H3/t25-/m0/s1. The van der Waals surface area contributed by atoms with E-state index >= 15 is 0 Å². The van der Waals surface area contributed by atoms with Crippen LogP contribution in [0.5, 0.6) is 0 Å². The molecule has 0 amide bonds. The van der Waals surface area contributed by atoms with Crippen molar-refractivity contribution in [2.24, 2.45) is 0 Å². The smallest absolute Gasteiger partial charge is 0.244 e. The maximum absolute atomic E-state index is 13.9. The summed E-state index contributed by atoms with van der Waals surface area (Å²) in [5.74, 6) is 0. The number of nitrogens with one attached hydrogen (secondary N) is 1. The van der Waals surface area contributed by atoms with E-state index < -0.39 is 16.1 Å². The van der Waals surface area contributed by atoms with Crippen molar-refractivity contribution in [1.82, 2.24) is 9.29 Å². The molecule has 1 aliphatic rings. The number of nitrogens with zero attached hydrogens (tertiary/aromatic N) is 1. The van der Waals surface area contributed by atoms with E-state index in [-0.39, 0.29) is 4.90 Å². The lowest BCUT2D eigenvalue weighted by Gasteiger charge is -2.35. The van der Waals surface area contributed by atoms with Crippen LogP contribution in [0, 0.1) is 13.8 Å². The van der Waals surface area contributed by atoms with Crippen molar-refractivity contribution >= 4 is 32.5 Å². The normalized spacial score (nSPS) is 17.1. The van der Waals surface area contributed by atoms with Crippen LogP contribution < -0.4 is 0 Å². The van der Waals surface area contributed by atoms with Gasteiger partial charge in [0.2, 0.25) is 10.0 Å². The summed E-state index contributed by atoms with van der Waals surface area (Å²) in [6.45, 7) is 4.19. The van der Waals surface area contributed by atoms with E-state index in [1.165, 1.54) is 5.56 Å². The molecule has 0 saturated heterocycles. The zero-order chi connectivity index (χ0) is 21.8. The first-order valence-electron chi connectivity index (χ1n) is 10.3. The molecule has 158 valence electrons. The number of hydrogen-bond donors (Lipinski definition) is 1. The Labute approximate surface area is 187 Å². The van der Waals surface area contributed by atoms with Gasteiger partial charge in [0.15, 0.2) is 0 Å². The van der Waals surface area contributed by atoms with Crippen LogP contribution in [0.1, 0.15) is 34.0 Å². The molecule has 6 heteroatoms. The van der Waals surface area contributed by atoms with Crippen molar-refractivity contribution < 1.29 is 8.42 Å². The average molecular weight is 451 g/mol. The first-order valence-corrected chi connectivity index (χ1v) is 12.1. The Bertz CT molecular complexity index is 1390. The molecule has 1 atom stereocenters. The van der Waals surface area contributed by atoms with E-state index in [1.807, 2.05) is 49.4 Å². The summed E-state index contributed by atoms with van der Waals surface area (Å²) < 4.78 is 29.4. The number of aromatic nitrogens is 1. The van der Waals surface area contributed by atoms with E-state index in [9.17, 15) is 8.42 Å². The number of halogens is 1. The minimum atomic E-state index is -3.77. The summed E-state index contributed by atoms with van der Waals surface area (Å²) in [7, 11) is -3.77. The largest absolute Gasteiger partial charge is 0.357 e. The second-order valence-electron chi connectivity index (χ2n) is 8.10. The van der Waals surface area contributed by atoms with Crippen LogP contribution in [-0.4, -0.2) is 24.3 Å². The molecule has 0 spiro atoms. The molecule has 1 N–H and O–H groups in total. The Balaban J connectivity index is 1.73. The third kappa shape index (κ3) is 3.28. The summed E-state index contributed by atoms with van der Waals surface area (Å²) >= 11 is 6.27. The predicted octanol–water partition coefficient (Wildman–Crippen LogP) is 5.77. The van der Waals surface area contributed by atoms with E-state index in [0.717, 1.165) is 27.7 Å². The highest BCUT2D eigenvalue weighted by molar-refractivity contribution is 7.89. The maximum Gasteiger partial charge on any atom is 0.244 e. The Hall–Kier alpha value is -2.60. The highest BCUT2D eigenvalue weighted by Gasteiger charge is 2.39. The van der Waals surface area contributed by atoms with Crippen molar-refractivity contribution in [2.45, 2.75) is 31.2 Å². The number of H-pyrrole nitrogens is 1. The molecule has 5 rings (SSSR count). The third-order valence-corrected chi connectivity index (χ3v) is 8.61. The van der Waals surface area contributed by atoms with Crippen molar-refractivity contribution in [3.8, 4) is 0 Å². The number of hydrogen-bond acceptors (Lipinski definition) is 2. The fourth-order valence-corrected chi connectivity index (χ4v) is 6.62. The quantitative estimate of drug-likeness (QED) is 0.430. The summed E-state index contributed by atoms with van der Waals surface area (Å²) in [6, 6.07) is 20.9. The van der Waals surface area contributed by atoms with E-state index in [0.29, 0.717) is 23.6 Å². The van der Waals surface area contributed by atoms with Gasteiger partial charge in [0.25, 0.3) is 0 Å². The predicted molar refractivity (Wildman–Crippen MR) is 125 cm³/mol. The third-order valence-electron chi connectivity index (χ3n) is 6.19. The Morgan fingerprint density at radius 3 is 2.48 bits per heavy atom. The Morgan fingerprint density at radius 2 is 1.71 bits per heavy atom. The van der Waals surface area contributed by atoms with Crippen LogP contribution >= 0.6 is 11.6 Å². The van der Waals surface area contributed by atoms with Crippen molar-refractivity contribution in [1.29, 1.82) is 0 Å². The van der Waals surface area contributed by atoms with Gasteiger partial charge in [-0.25, -0.2) is 8.42 Å². The van der Waals surface area contributed by atoms with Crippen LogP contribution in [0.25, 0.3) is 10.9 Å². The van der Waals surface area contributed by atoms with Gasteiger partial charge in [-0.05, 0) is 55.2 Å². The van der Waals surface area contributed by atoms with Crippen molar-refractivity contribution in [3.05, 3.63) is 99.7 Å². The molecule has 0 aliphatic carbocycles. The topological polar surface area (TPSA) is 53.2 Å². The molecule has 31 heavy (non-hydrogen) atoms. The fourth-order valence-electron chi connectivity index (χ4n) is 4.55. The van der Waals surface area contributed by atoms with Gasteiger partial charge in [-0.15, -0.1) is 0 Å². The molecule has 0 saturated carbocycles. The van der Waals surface area contributed by atoms with E-state index in [1.54, 1.807) is 29.4 Å². The number of rotatable bonds is 3. The molecule has 4 nitrogen and oxygen atoms in total. The van der Waals surface area contributed by atoms with Crippen molar-refractivity contribution in [3.63, 3.8) is 0 Å². The molecule has 0 fully saturated rings. The number of para-hydroxylation sites is 1.